The molecule has 1 fully saturated rings. The SMILES string of the molecule is CNC1CCN(C)CC1.O=C(O)C(F)(F)F. The topological polar surface area (TPSA) is 52.6 Å². The van der Waals surface area contributed by atoms with Crippen LogP contribution in [0.25, 0.3) is 0 Å². The van der Waals surface area contributed by atoms with Gasteiger partial charge >= 0.3 is 12.1 Å². The number of aliphatic carboxylic acids is 1. The molecule has 1 aliphatic rings. The molecule has 0 radical (unpaired) electrons. The van der Waals surface area contributed by atoms with Gasteiger partial charge in [-0.15, -0.1) is 0 Å². The predicted octanol–water partition coefficient (Wildman–Crippen LogP) is 0.933. The van der Waals surface area contributed by atoms with Gasteiger partial charge in [0.05, 0.1) is 0 Å². The third-order valence-corrected chi connectivity index (χ3v) is 2.37. The van der Waals surface area contributed by atoms with Gasteiger partial charge in [0.25, 0.3) is 0 Å². The zero-order chi connectivity index (χ0) is 12.8. The zero-order valence-electron chi connectivity index (χ0n) is 9.34. The molecular weight excluding hydrogens is 225 g/mol. The van der Waals surface area contributed by atoms with Gasteiger partial charge in [-0.1, -0.05) is 0 Å². The van der Waals surface area contributed by atoms with E-state index in [1.165, 1.54) is 25.9 Å². The number of carboxylic acids is 1. The molecule has 2 N–H and O–H groups in total. The van der Waals surface area contributed by atoms with Gasteiger partial charge in [-0.3, -0.25) is 0 Å². The molecule has 96 valence electrons. The number of rotatable bonds is 1. The predicted molar refractivity (Wildman–Crippen MR) is 53.3 cm³/mol. The Labute approximate surface area is 92.4 Å². The van der Waals surface area contributed by atoms with Gasteiger partial charge in [0.2, 0.25) is 0 Å². The fourth-order valence-corrected chi connectivity index (χ4v) is 1.30. The Bertz CT molecular complexity index is 213. The zero-order valence-corrected chi connectivity index (χ0v) is 9.34. The highest BCUT2D eigenvalue weighted by Crippen LogP contribution is 2.13. The molecule has 0 aromatic heterocycles. The van der Waals surface area contributed by atoms with Crippen LogP contribution in [0.2, 0.25) is 0 Å². The number of alkyl halides is 3. The maximum atomic E-state index is 10.6. The highest BCUT2D eigenvalue weighted by atomic mass is 19.4. The quantitative estimate of drug-likeness (QED) is 0.718. The standard InChI is InChI=1S/C7H16N2.C2HF3O2/c1-8-7-3-5-9(2)6-4-7;3-2(4,5)1(6)7/h7-8H,3-6H2,1-2H3;(H,6,7). The van der Waals surface area contributed by atoms with E-state index in [0.29, 0.717) is 0 Å². The third-order valence-electron chi connectivity index (χ3n) is 2.37. The first kappa shape index (κ1) is 15.2. The summed E-state index contributed by atoms with van der Waals surface area (Å²) < 4.78 is 31.7. The van der Waals surface area contributed by atoms with Gasteiger partial charge in [-0.25, -0.2) is 4.79 Å². The molecule has 0 saturated carbocycles. The van der Waals surface area contributed by atoms with E-state index < -0.39 is 12.1 Å². The van der Waals surface area contributed by atoms with Gasteiger partial charge in [0.15, 0.2) is 0 Å². The molecule has 0 atom stereocenters. The molecule has 1 rings (SSSR count). The first-order chi connectivity index (χ1) is 7.27. The van der Waals surface area contributed by atoms with Gasteiger partial charge in [0, 0.05) is 6.04 Å². The Morgan fingerprint density at radius 1 is 1.38 bits per heavy atom. The fraction of sp³-hybridized carbons (Fsp3) is 0.889. The molecule has 1 aliphatic heterocycles. The second-order valence-electron chi connectivity index (χ2n) is 3.67. The van der Waals surface area contributed by atoms with Crippen molar-refractivity contribution in [3.63, 3.8) is 0 Å². The van der Waals surface area contributed by atoms with E-state index in [0.717, 1.165) is 6.04 Å². The van der Waals surface area contributed by atoms with Crippen LogP contribution in [0.1, 0.15) is 12.8 Å². The van der Waals surface area contributed by atoms with Crippen molar-refractivity contribution in [1.82, 2.24) is 10.2 Å². The molecule has 0 spiro atoms. The van der Waals surface area contributed by atoms with E-state index in [4.69, 9.17) is 9.90 Å². The van der Waals surface area contributed by atoms with Crippen LogP contribution in [-0.2, 0) is 4.79 Å². The molecule has 0 amide bonds. The number of carbonyl (C=O) groups is 1. The number of likely N-dealkylation sites (tertiary alicyclic amines) is 1. The number of halogens is 3. The van der Waals surface area contributed by atoms with Crippen molar-refractivity contribution in [3.05, 3.63) is 0 Å². The van der Waals surface area contributed by atoms with Crippen molar-refractivity contribution in [2.75, 3.05) is 27.2 Å². The lowest BCUT2D eigenvalue weighted by atomic mass is 10.1. The smallest absolute Gasteiger partial charge is 0.475 e. The summed E-state index contributed by atoms with van der Waals surface area (Å²) in [4.78, 5) is 11.3. The largest absolute Gasteiger partial charge is 0.490 e. The summed E-state index contributed by atoms with van der Waals surface area (Å²) in [6, 6.07) is 0.779. The summed E-state index contributed by atoms with van der Waals surface area (Å²) in [5.41, 5.74) is 0. The molecule has 0 aromatic rings. The number of piperidine rings is 1. The second kappa shape index (κ2) is 6.70. The van der Waals surface area contributed by atoms with Crippen LogP contribution >= 0.6 is 0 Å². The van der Waals surface area contributed by atoms with E-state index in [1.807, 2.05) is 0 Å². The molecule has 0 aliphatic carbocycles. The number of hydrogen-bond acceptors (Lipinski definition) is 3. The van der Waals surface area contributed by atoms with E-state index >= 15 is 0 Å². The summed E-state index contributed by atoms with van der Waals surface area (Å²) in [6.07, 6.45) is -2.46. The van der Waals surface area contributed by atoms with E-state index in [-0.39, 0.29) is 0 Å². The summed E-state index contributed by atoms with van der Waals surface area (Å²) in [7, 11) is 4.24. The molecule has 1 saturated heterocycles. The molecule has 1 heterocycles. The molecule has 0 unspecified atom stereocenters. The monoisotopic (exact) mass is 242 g/mol. The summed E-state index contributed by atoms with van der Waals surface area (Å²) in [5, 5.41) is 10.4. The lowest BCUT2D eigenvalue weighted by Gasteiger charge is -2.28. The summed E-state index contributed by atoms with van der Waals surface area (Å²) in [6.45, 7) is 2.51. The van der Waals surface area contributed by atoms with Crippen molar-refractivity contribution in [1.29, 1.82) is 0 Å². The van der Waals surface area contributed by atoms with Gasteiger partial charge in [-0.2, -0.15) is 13.2 Å². The van der Waals surface area contributed by atoms with Crippen LogP contribution in [0, 0.1) is 0 Å². The summed E-state index contributed by atoms with van der Waals surface area (Å²) >= 11 is 0. The normalized spacial score (nSPS) is 18.8. The Morgan fingerprint density at radius 2 is 1.75 bits per heavy atom. The highest BCUT2D eigenvalue weighted by Gasteiger charge is 2.38. The average Bonchev–Trinajstić information content (AvgIpc) is 2.18. The van der Waals surface area contributed by atoms with Crippen LogP contribution in [-0.4, -0.2) is 55.4 Å². The molecule has 0 aromatic carbocycles. The van der Waals surface area contributed by atoms with E-state index in [9.17, 15) is 13.2 Å². The van der Waals surface area contributed by atoms with E-state index in [2.05, 4.69) is 24.3 Å². The number of nitrogens with one attached hydrogen (secondary N) is 1. The van der Waals surface area contributed by atoms with Crippen LogP contribution in [0.4, 0.5) is 13.2 Å². The number of carboxylic acid groups (broad SMARTS) is 1. The van der Waals surface area contributed by atoms with E-state index in [1.54, 1.807) is 0 Å². The van der Waals surface area contributed by atoms with Gasteiger partial charge in [-0.05, 0) is 40.0 Å². The Hall–Kier alpha value is -0.820. The van der Waals surface area contributed by atoms with Gasteiger partial charge < -0.3 is 15.3 Å². The molecule has 16 heavy (non-hydrogen) atoms. The van der Waals surface area contributed by atoms with Crippen LogP contribution in [0.3, 0.4) is 0 Å². The first-order valence-electron chi connectivity index (χ1n) is 4.93. The summed E-state index contributed by atoms with van der Waals surface area (Å²) in [5.74, 6) is -2.76. The van der Waals surface area contributed by atoms with Crippen LogP contribution in [0.5, 0.6) is 0 Å². The first-order valence-corrected chi connectivity index (χ1v) is 4.93. The maximum Gasteiger partial charge on any atom is 0.490 e. The third kappa shape index (κ3) is 6.62. The van der Waals surface area contributed by atoms with Gasteiger partial charge in [0.1, 0.15) is 0 Å². The van der Waals surface area contributed by atoms with Crippen LogP contribution < -0.4 is 5.32 Å². The fourth-order valence-electron chi connectivity index (χ4n) is 1.30. The second-order valence-corrected chi connectivity index (χ2v) is 3.67. The van der Waals surface area contributed by atoms with Crippen molar-refractivity contribution >= 4 is 5.97 Å². The number of nitrogens with zero attached hydrogens (tertiary/aromatic N) is 1. The highest BCUT2D eigenvalue weighted by molar-refractivity contribution is 5.73. The van der Waals surface area contributed by atoms with Crippen molar-refractivity contribution in [3.8, 4) is 0 Å². The lowest BCUT2D eigenvalue weighted by molar-refractivity contribution is -0.192. The minimum atomic E-state index is -5.08. The Kier molecular flexibility index (Phi) is 6.35. The molecule has 4 nitrogen and oxygen atoms in total. The van der Waals surface area contributed by atoms with Crippen molar-refractivity contribution < 1.29 is 23.1 Å². The van der Waals surface area contributed by atoms with Crippen LogP contribution in [0.15, 0.2) is 0 Å². The van der Waals surface area contributed by atoms with Crippen molar-refractivity contribution in [2.24, 2.45) is 0 Å². The lowest BCUT2D eigenvalue weighted by Crippen LogP contribution is -2.39. The molecule has 0 bridgehead atoms. The Morgan fingerprint density at radius 3 is 2.00 bits per heavy atom. The maximum absolute atomic E-state index is 10.6. The average molecular weight is 242 g/mol. The number of hydrogen-bond donors (Lipinski definition) is 2. The molecular formula is C9H17F3N2O2. The minimum Gasteiger partial charge on any atom is -0.475 e. The van der Waals surface area contributed by atoms with Crippen molar-refractivity contribution in [2.45, 2.75) is 25.1 Å². The Balaban J connectivity index is 0.000000293. The molecule has 7 heteroatoms. The minimum absolute atomic E-state index is 0.779.